The number of hydrogen-bond acceptors (Lipinski definition) is 3. The number of fused-ring (bicyclic) bond motifs is 1. The van der Waals surface area contributed by atoms with Crippen LogP contribution in [0.15, 0.2) is 60.7 Å². The Morgan fingerprint density at radius 1 is 0.875 bits per heavy atom. The number of rotatable bonds is 3. The summed E-state index contributed by atoms with van der Waals surface area (Å²) in [6.45, 7) is 0. The van der Waals surface area contributed by atoms with E-state index < -0.39 is 0 Å². The molecular formula is C27H27N3OS. The Morgan fingerprint density at radius 2 is 1.50 bits per heavy atom. The minimum atomic E-state index is -0.250. The van der Waals surface area contributed by atoms with E-state index in [1.807, 2.05) is 42.5 Å². The molecule has 4 aliphatic carbocycles. The van der Waals surface area contributed by atoms with Gasteiger partial charge in [0.2, 0.25) is 0 Å². The van der Waals surface area contributed by atoms with E-state index in [9.17, 15) is 4.79 Å². The number of aromatic nitrogens is 1. The highest BCUT2D eigenvalue weighted by Crippen LogP contribution is 2.61. The fourth-order valence-corrected chi connectivity index (χ4v) is 7.20. The van der Waals surface area contributed by atoms with Gasteiger partial charge in [-0.1, -0.05) is 60.7 Å². The summed E-state index contributed by atoms with van der Waals surface area (Å²) in [5.74, 6) is 2.28. The van der Waals surface area contributed by atoms with Gasteiger partial charge in [0.1, 0.15) is 10.7 Å². The Kier molecular flexibility index (Phi) is 4.76. The number of benzene rings is 2. The minimum absolute atomic E-state index is 0.194. The van der Waals surface area contributed by atoms with Crippen molar-refractivity contribution in [3.05, 3.63) is 77.5 Å². The third-order valence-corrected chi connectivity index (χ3v) is 8.22. The highest BCUT2D eigenvalue weighted by Gasteiger charge is 2.52. The fraction of sp³-hybridized carbons (Fsp3) is 0.370. The summed E-state index contributed by atoms with van der Waals surface area (Å²) in [7, 11) is 0. The Balaban J connectivity index is 1.33. The molecule has 1 heterocycles. The molecule has 0 saturated heterocycles. The van der Waals surface area contributed by atoms with Gasteiger partial charge in [0.05, 0.1) is 5.52 Å². The normalized spacial score (nSPS) is 27.9. The third-order valence-electron chi connectivity index (χ3n) is 7.88. The van der Waals surface area contributed by atoms with Crippen molar-refractivity contribution < 1.29 is 4.79 Å². The Labute approximate surface area is 193 Å². The first-order valence-electron chi connectivity index (χ1n) is 11.7. The van der Waals surface area contributed by atoms with Gasteiger partial charge >= 0.3 is 0 Å². The smallest absolute Gasteiger partial charge is 0.287 e. The number of hydrazine groups is 1. The van der Waals surface area contributed by atoms with Gasteiger partial charge in [-0.25, -0.2) is 4.98 Å². The van der Waals surface area contributed by atoms with Crippen LogP contribution in [-0.2, 0) is 5.41 Å². The number of carbonyl (C=O) groups excluding carboxylic acids is 1. The zero-order valence-electron chi connectivity index (χ0n) is 18.0. The number of pyridine rings is 1. The number of hydrogen-bond donors (Lipinski definition) is 2. The van der Waals surface area contributed by atoms with Crippen LogP contribution in [0.4, 0.5) is 0 Å². The number of nitrogens with one attached hydrogen (secondary N) is 2. The van der Waals surface area contributed by atoms with Crippen LogP contribution in [0.25, 0.3) is 10.9 Å². The van der Waals surface area contributed by atoms with Gasteiger partial charge in [0.25, 0.3) is 5.91 Å². The van der Waals surface area contributed by atoms with Crippen LogP contribution in [0.1, 0.15) is 60.1 Å². The van der Waals surface area contributed by atoms with Gasteiger partial charge < -0.3 is 0 Å². The molecule has 4 bridgehead atoms. The standard InChI is InChI=1S/C27H27N3OS/c31-25(29-30-26(32)20-6-2-1-3-7-20)24-13-22(21-8-4-5-9-23(21)28-24)27-14-17-10-18(15-27)12-19(11-17)16-27/h1-9,13,17-19H,10-12,14-16H2,(H,29,31)(H,30,32). The second-order valence-corrected chi connectivity index (χ2v) is 10.5. The molecule has 0 aliphatic heterocycles. The van der Waals surface area contributed by atoms with Gasteiger partial charge in [0, 0.05) is 10.9 Å². The number of carbonyl (C=O) groups is 1. The molecule has 2 aromatic carbocycles. The first-order valence-corrected chi connectivity index (χ1v) is 12.1. The third kappa shape index (κ3) is 3.39. The Hall–Kier alpha value is -2.79. The highest BCUT2D eigenvalue weighted by molar-refractivity contribution is 7.80. The molecule has 4 aliphatic rings. The van der Waals surface area contributed by atoms with E-state index in [0.29, 0.717) is 10.7 Å². The van der Waals surface area contributed by atoms with E-state index in [-0.39, 0.29) is 11.3 Å². The summed E-state index contributed by atoms with van der Waals surface area (Å²) >= 11 is 5.42. The van der Waals surface area contributed by atoms with Crippen LogP contribution in [0.2, 0.25) is 0 Å². The van der Waals surface area contributed by atoms with Crippen molar-refractivity contribution in [3.8, 4) is 0 Å². The molecule has 0 spiro atoms. The average molecular weight is 442 g/mol. The maximum Gasteiger partial charge on any atom is 0.288 e. The van der Waals surface area contributed by atoms with E-state index in [1.165, 1.54) is 49.5 Å². The van der Waals surface area contributed by atoms with Crippen molar-refractivity contribution in [2.75, 3.05) is 0 Å². The largest absolute Gasteiger partial charge is 0.288 e. The summed E-state index contributed by atoms with van der Waals surface area (Å²) in [4.78, 5) is 18.3. The average Bonchev–Trinajstić information content (AvgIpc) is 2.81. The molecule has 0 unspecified atom stereocenters. The first-order chi connectivity index (χ1) is 15.6. The second kappa shape index (κ2) is 7.66. The van der Waals surface area contributed by atoms with Crippen LogP contribution in [0.5, 0.6) is 0 Å². The fourth-order valence-electron chi connectivity index (χ4n) is 7.01. The lowest BCUT2D eigenvalue weighted by Crippen LogP contribution is -2.48. The zero-order chi connectivity index (χ0) is 21.7. The molecule has 162 valence electrons. The van der Waals surface area contributed by atoms with Crippen molar-refractivity contribution in [2.45, 2.75) is 43.9 Å². The van der Waals surface area contributed by atoms with Gasteiger partial charge in [0.15, 0.2) is 0 Å². The van der Waals surface area contributed by atoms with Crippen LogP contribution >= 0.6 is 12.2 Å². The topological polar surface area (TPSA) is 54.0 Å². The molecule has 3 aromatic rings. The van der Waals surface area contributed by atoms with Crippen molar-refractivity contribution in [2.24, 2.45) is 17.8 Å². The molecule has 7 rings (SSSR count). The van der Waals surface area contributed by atoms with Crippen LogP contribution in [0, 0.1) is 17.8 Å². The Bertz CT molecular complexity index is 1170. The van der Waals surface area contributed by atoms with Gasteiger partial charge in [-0.05, 0) is 79.4 Å². The van der Waals surface area contributed by atoms with E-state index in [1.54, 1.807) is 0 Å². The maximum absolute atomic E-state index is 13.1. The molecule has 0 atom stereocenters. The molecule has 4 nitrogen and oxygen atoms in total. The van der Waals surface area contributed by atoms with E-state index in [2.05, 4.69) is 29.1 Å². The molecule has 0 radical (unpaired) electrons. The molecule has 4 saturated carbocycles. The van der Waals surface area contributed by atoms with Gasteiger partial charge in [-0.2, -0.15) is 0 Å². The molecule has 4 fully saturated rings. The summed E-state index contributed by atoms with van der Waals surface area (Å²) in [6, 6.07) is 20.0. The molecule has 1 amide bonds. The van der Waals surface area contributed by atoms with E-state index in [4.69, 9.17) is 17.2 Å². The van der Waals surface area contributed by atoms with Crippen molar-refractivity contribution >= 4 is 34.0 Å². The summed E-state index contributed by atoms with van der Waals surface area (Å²) in [5.41, 5.74) is 9.41. The van der Waals surface area contributed by atoms with Crippen molar-refractivity contribution in [3.63, 3.8) is 0 Å². The molecule has 5 heteroatoms. The number of para-hydroxylation sites is 1. The lowest BCUT2D eigenvalue weighted by Gasteiger charge is -2.57. The molecular weight excluding hydrogens is 414 g/mol. The van der Waals surface area contributed by atoms with Crippen molar-refractivity contribution in [1.29, 1.82) is 0 Å². The highest BCUT2D eigenvalue weighted by atomic mass is 32.1. The minimum Gasteiger partial charge on any atom is -0.287 e. The predicted molar refractivity (Wildman–Crippen MR) is 130 cm³/mol. The zero-order valence-corrected chi connectivity index (χ0v) is 18.8. The molecule has 2 N–H and O–H groups in total. The van der Waals surface area contributed by atoms with Crippen LogP contribution in [0.3, 0.4) is 0 Å². The lowest BCUT2D eigenvalue weighted by atomic mass is 9.48. The summed E-state index contributed by atoms with van der Waals surface area (Å²) in [6.07, 6.45) is 7.96. The van der Waals surface area contributed by atoms with Gasteiger partial charge in [-0.3, -0.25) is 15.6 Å². The summed E-state index contributed by atoms with van der Waals surface area (Å²) in [5, 5.41) is 1.21. The number of amides is 1. The van der Waals surface area contributed by atoms with E-state index >= 15 is 0 Å². The monoisotopic (exact) mass is 441 g/mol. The second-order valence-electron chi connectivity index (χ2n) is 10.0. The number of thiocarbonyl (C=S) groups is 1. The lowest BCUT2D eigenvalue weighted by molar-refractivity contribution is -0.00454. The SMILES string of the molecule is O=C(NNC(=S)c1ccccc1)c1cc(C23CC4CC(CC(C4)C2)C3)c2ccccc2n1. The number of nitrogens with zero attached hydrogens (tertiary/aromatic N) is 1. The van der Waals surface area contributed by atoms with Crippen LogP contribution in [-0.4, -0.2) is 15.9 Å². The molecule has 32 heavy (non-hydrogen) atoms. The maximum atomic E-state index is 13.1. The first kappa shape index (κ1) is 19.9. The van der Waals surface area contributed by atoms with Gasteiger partial charge in [-0.15, -0.1) is 0 Å². The van der Waals surface area contributed by atoms with Crippen LogP contribution < -0.4 is 10.9 Å². The summed E-state index contributed by atoms with van der Waals surface area (Å²) < 4.78 is 0. The predicted octanol–water partition coefficient (Wildman–Crippen LogP) is 5.31. The quantitative estimate of drug-likeness (QED) is 0.427. The Morgan fingerprint density at radius 3 is 2.19 bits per heavy atom. The molecule has 1 aromatic heterocycles. The van der Waals surface area contributed by atoms with Crippen molar-refractivity contribution in [1.82, 2.24) is 15.8 Å². The van der Waals surface area contributed by atoms with E-state index in [0.717, 1.165) is 28.8 Å².